The van der Waals surface area contributed by atoms with Crippen molar-refractivity contribution in [2.24, 2.45) is 7.05 Å². The Kier molecular flexibility index (Phi) is 3.47. The number of aromatic nitrogens is 2. The zero-order chi connectivity index (χ0) is 12.4. The van der Waals surface area contributed by atoms with E-state index in [2.05, 4.69) is 29.6 Å². The Bertz CT molecular complexity index is 411. The Morgan fingerprint density at radius 3 is 3.00 bits per heavy atom. The van der Waals surface area contributed by atoms with Gasteiger partial charge in [-0.05, 0) is 5.92 Å². The lowest BCUT2D eigenvalue weighted by atomic mass is 10.1. The van der Waals surface area contributed by atoms with Gasteiger partial charge >= 0.3 is 0 Å². The van der Waals surface area contributed by atoms with Crippen molar-refractivity contribution in [2.75, 3.05) is 6.54 Å². The van der Waals surface area contributed by atoms with Crippen LogP contribution in [0.2, 0.25) is 0 Å². The Labute approximate surface area is 102 Å². The summed E-state index contributed by atoms with van der Waals surface area (Å²) >= 11 is 0. The van der Waals surface area contributed by atoms with E-state index in [1.807, 2.05) is 17.9 Å². The van der Waals surface area contributed by atoms with E-state index >= 15 is 0 Å². The lowest BCUT2D eigenvalue weighted by Crippen LogP contribution is -2.30. The van der Waals surface area contributed by atoms with Crippen LogP contribution in [0, 0.1) is 0 Å². The highest BCUT2D eigenvalue weighted by atomic mass is 16.1. The van der Waals surface area contributed by atoms with Crippen LogP contribution in [0.15, 0.2) is 6.20 Å². The lowest BCUT2D eigenvalue weighted by Gasteiger charge is -2.11. The average Bonchev–Trinajstić information content (AvgIpc) is 2.82. The van der Waals surface area contributed by atoms with Gasteiger partial charge in [0, 0.05) is 44.4 Å². The van der Waals surface area contributed by atoms with Crippen LogP contribution in [0.1, 0.15) is 37.4 Å². The molecule has 17 heavy (non-hydrogen) atoms. The van der Waals surface area contributed by atoms with E-state index < -0.39 is 0 Å². The summed E-state index contributed by atoms with van der Waals surface area (Å²) in [5.41, 5.74) is 2.36. The normalized spacial score (nSPS) is 20.0. The predicted molar refractivity (Wildman–Crippen MR) is 65.6 cm³/mol. The maximum Gasteiger partial charge on any atom is 0.221 e. The van der Waals surface area contributed by atoms with Gasteiger partial charge < -0.3 is 10.6 Å². The maximum absolute atomic E-state index is 11.1. The van der Waals surface area contributed by atoms with Crippen LogP contribution < -0.4 is 10.6 Å². The van der Waals surface area contributed by atoms with Gasteiger partial charge in [-0.25, -0.2) is 0 Å². The number of nitrogens with zero attached hydrogens (tertiary/aromatic N) is 2. The van der Waals surface area contributed by atoms with Crippen molar-refractivity contribution in [1.29, 1.82) is 0 Å². The molecule has 1 saturated heterocycles. The van der Waals surface area contributed by atoms with Gasteiger partial charge in [0.1, 0.15) is 0 Å². The molecule has 1 fully saturated rings. The number of hydrogen-bond donors (Lipinski definition) is 2. The summed E-state index contributed by atoms with van der Waals surface area (Å²) in [6.07, 6.45) is 2.63. The number of aryl methyl sites for hydroxylation is 1. The molecule has 0 saturated carbocycles. The molecule has 0 spiro atoms. The van der Waals surface area contributed by atoms with Gasteiger partial charge in [0.15, 0.2) is 0 Å². The van der Waals surface area contributed by atoms with Crippen LogP contribution in [0.5, 0.6) is 0 Å². The predicted octanol–water partition coefficient (Wildman–Crippen LogP) is 0.522. The largest absolute Gasteiger partial charge is 0.354 e. The average molecular weight is 236 g/mol. The first kappa shape index (κ1) is 12.1. The third-order valence-corrected chi connectivity index (χ3v) is 3.04. The monoisotopic (exact) mass is 236 g/mol. The van der Waals surface area contributed by atoms with Gasteiger partial charge in [-0.15, -0.1) is 0 Å². The molecule has 0 aromatic carbocycles. The van der Waals surface area contributed by atoms with Crippen molar-refractivity contribution >= 4 is 5.91 Å². The molecule has 2 rings (SSSR count). The maximum atomic E-state index is 11.1. The number of hydrogen-bond acceptors (Lipinski definition) is 3. The second-order valence-corrected chi connectivity index (χ2v) is 4.95. The van der Waals surface area contributed by atoms with Gasteiger partial charge in [-0.1, -0.05) is 13.8 Å². The molecule has 94 valence electrons. The first-order valence-corrected chi connectivity index (χ1v) is 6.08. The number of rotatable bonds is 4. The van der Waals surface area contributed by atoms with E-state index in [4.69, 9.17) is 0 Å². The molecule has 1 aromatic heterocycles. The van der Waals surface area contributed by atoms with Crippen molar-refractivity contribution in [1.82, 2.24) is 20.4 Å². The van der Waals surface area contributed by atoms with Gasteiger partial charge in [0.05, 0.1) is 5.69 Å². The SMILES string of the molecule is CC(C)c1nn(C)cc1CNC1CNC(=O)C1. The van der Waals surface area contributed by atoms with E-state index in [9.17, 15) is 4.79 Å². The molecule has 1 aliphatic rings. The summed E-state index contributed by atoms with van der Waals surface area (Å²) < 4.78 is 1.85. The Morgan fingerprint density at radius 1 is 1.65 bits per heavy atom. The second kappa shape index (κ2) is 4.87. The molecule has 5 heteroatoms. The third-order valence-electron chi connectivity index (χ3n) is 3.04. The molecule has 0 aliphatic carbocycles. The molecule has 0 radical (unpaired) electrons. The number of nitrogens with one attached hydrogen (secondary N) is 2. The molecule has 1 aromatic rings. The fourth-order valence-corrected chi connectivity index (χ4v) is 2.18. The standard InChI is InChI=1S/C12H20N4O/c1-8(2)12-9(7-16(3)15-12)5-13-10-4-11(17)14-6-10/h7-8,10,13H,4-6H2,1-3H3,(H,14,17). The summed E-state index contributed by atoms with van der Waals surface area (Å²) in [6, 6.07) is 0.253. The molecule has 2 heterocycles. The van der Waals surface area contributed by atoms with Gasteiger partial charge in [0.2, 0.25) is 5.91 Å². The lowest BCUT2D eigenvalue weighted by molar-refractivity contribution is -0.119. The van der Waals surface area contributed by atoms with E-state index in [0.29, 0.717) is 12.3 Å². The van der Waals surface area contributed by atoms with Crippen LogP contribution in [0.25, 0.3) is 0 Å². The van der Waals surface area contributed by atoms with Crippen LogP contribution in [0.3, 0.4) is 0 Å². The quantitative estimate of drug-likeness (QED) is 0.801. The second-order valence-electron chi connectivity index (χ2n) is 4.95. The fourth-order valence-electron chi connectivity index (χ4n) is 2.18. The molecular formula is C12H20N4O. The first-order chi connectivity index (χ1) is 8.06. The van der Waals surface area contributed by atoms with Crippen molar-refractivity contribution in [3.8, 4) is 0 Å². The smallest absolute Gasteiger partial charge is 0.221 e. The van der Waals surface area contributed by atoms with Crippen molar-refractivity contribution in [3.05, 3.63) is 17.5 Å². The Morgan fingerprint density at radius 2 is 2.41 bits per heavy atom. The highest BCUT2D eigenvalue weighted by Crippen LogP contribution is 2.17. The van der Waals surface area contributed by atoms with Gasteiger partial charge in [0.25, 0.3) is 0 Å². The molecule has 1 amide bonds. The fraction of sp³-hybridized carbons (Fsp3) is 0.667. The van der Waals surface area contributed by atoms with E-state index in [0.717, 1.165) is 18.8 Å². The molecule has 1 atom stereocenters. The van der Waals surface area contributed by atoms with Gasteiger partial charge in [-0.3, -0.25) is 9.48 Å². The summed E-state index contributed by atoms with van der Waals surface area (Å²) in [4.78, 5) is 11.1. The van der Waals surface area contributed by atoms with Gasteiger partial charge in [-0.2, -0.15) is 5.10 Å². The summed E-state index contributed by atoms with van der Waals surface area (Å²) in [5.74, 6) is 0.564. The molecule has 5 nitrogen and oxygen atoms in total. The van der Waals surface area contributed by atoms with Crippen molar-refractivity contribution in [3.63, 3.8) is 0 Å². The van der Waals surface area contributed by atoms with Crippen molar-refractivity contribution < 1.29 is 4.79 Å². The summed E-state index contributed by atoms with van der Waals surface area (Å²) in [7, 11) is 1.94. The molecular weight excluding hydrogens is 216 g/mol. The number of amides is 1. The topological polar surface area (TPSA) is 59.0 Å². The van der Waals surface area contributed by atoms with E-state index in [1.165, 1.54) is 5.56 Å². The zero-order valence-electron chi connectivity index (χ0n) is 10.7. The minimum absolute atomic E-state index is 0.137. The van der Waals surface area contributed by atoms with Crippen molar-refractivity contribution in [2.45, 2.75) is 38.8 Å². The molecule has 0 bridgehead atoms. The molecule has 1 unspecified atom stereocenters. The Hall–Kier alpha value is -1.36. The molecule has 1 aliphatic heterocycles. The highest BCUT2D eigenvalue weighted by molar-refractivity contribution is 5.78. The number of carbonyl (C=O) groups is 1. The van der Waals surface area contributed by atoms with Crippen LogP contribution in [-0.4, -0.2) is 28.3 Å². The van der Waals surface area contributed by atoms with E-state index in [1.54, 1.807) is 0 Å². The third kappa shape index (κ3) is 2.85. The summed E-state index contributed by atoms with van der Waals surface area (Å²) in [6.45, 7) is 5.80. The van der Waals surface area contributed by atoms with Crippen LogP contribution >= 0.6 is 0 Å². The minimum atomic E-state index is 0.137. The summed E-state index contributed by atoms with van der Waals surface area (Å²) in [5, 5.41) is 10.7. The molecule has 2 N–H and O–H groups in total. The minimum Gasteiger partial charge on any atom is -0.354 e. The highest BCUT2D eigenvalue weighted by Gasteiger charge is 2.21. The Balaban J connectivity index is 1.96. The number of carbonyl (C=O) groups excluding carboxylic acids is 1. The van der Waals surface area contributed by atoms with Crippen LogP contribution in [-0.2, 0) is 18.4 Å². The zero-order valence-corrected chi connectivity index (χ0v) is 10.7. The first-order valence-electron chi connectivity index (χ1n) is 6.08. The van der Waals surface area contributed by atoms with E-state index in [-0.39, 0.29) is 11.9 Å². The van der Waals surface area contributed by atoms with Crippen LogP contribution in [0.4, 0.5) is 0 Å².